The van der Waals surface area contributed by atoms with Crippen molar-refractivity contribution >= 4 is 11.4 Å². The third-order valence-corrected chi connectivity index (χ3v) is 4.67. The second kappa shape index (κ2) is 6.67. The molecule has 4 nitrogen and oxygen atoms in total. The Hall–Kier alpha value is -1.26. The molecule has 0 spiro atoms. The molecule has 0 unspecified atom stereocenters. The summed E-state index contributed by atoms with van der Waals surface area (Å²) >= 11 is 0. The van der Waals surface area contributed by atoms with Crippen molar-refractivity contribution in [3.63, 3.8) is 0 Å². The normalized spacial score (nSPS) is 21.5. The number of nitrogens with zero attached hydrogens (tertiary/aromatic N) is 2. The second-order valence-corrected chi connectivity index (χ2v) is 6.32. The molecule has 0 amide bonds. The van der Waals surface area contributed by atoms with E-state index in [9.17, 15) is 0 Å². The molecule has 0 bridgehead atoms. The first-order chi connectivity index (χ1) is 10.2. The molecule has 1 N–H and O–H groups in total. The molecule has 0 aromatic heterocycles. The van der Waals surface area contributed by atoms with Crippen molar-refractivity contribution < 1.29 is 4.74 Å². The standard InChI is InChI=1S/C17H27N3O/c1-14-3-4-16(20-9-7-19(2)8-10-20)13-17(14)18-15-5-11-21-12-6-15/h3-4,13,15,18H,5-12H2,1-2H3. The van der Waals surface area contributed by atoms with Crippen LogP contribution in [0.2, 0.25) is 0 Å². The third-order valence-electron chi connectivity index (χ3n) is 4.67. The van der Waals surface area contributed by atoms with E-state index in [0.29, 0.717) is 6.04 Å². The molecule has 21 heavy (non-hydrogen) atoms. The molecule has 116 valence electrons. The lowest BCUT2D eigenvalue weighted by atomic mass is 10.1. The summed E-state index contributed by atoms with van der Waals surface area (Å²) in [6.45, 7) is 8.50. The Morgan fingerprint density at radius 2 is 1.81 bits per heavy atom. The molecule has 2 heterocycles. The van der Waals surface area contributed by atoms with Crippen LogP contribution in [0.5, 0.6) is 0 Å². The smallest absolute Gasteiger partial charge is 0.0485 e. The van der Waals surface area contributed by atoms with Crippen molar-refractivity contribution in [2.45, 2.75) is 25.8 Å². The second-order valence-electron chi connectivity index (χ2n) is 6.32. The zero-order valence-corrected chi connectivity index (χ0v) is 13.3. The van der Waals surface area contributed by atoms with Gasteiger partial charge in [0.2, 0.25) is 0 Å². The topological polar surface area (TPSA) is 27.7 Å². The van der Waals surface area contributed by atoms with Crippen LogP contribution in [-0.4, -0.2) is 57.4 Å². The number of nitrogens with one attached hydrogen (secondary N) is 1. The fourth-order valence-corrected chi connectivity index (χ4v) is 3.09. The molecular formula is C17H27N3O. The quantitative estimate of drug-likeness (QED) is 0.924. The van der Waals surface area contributed by atoms with Crippen LogP contribution in [0, 0.1) is 6.92 Å². The number of benzene rings is 1. The van der Waals surface area contributed by atoms with Gasteiger partial charge in [-0.05, 0) is 44.5 Å². The van der Waals surface area contributed by atoms with Gasteiger partial charge in [-0.1, -0.05) is 6.07 Å². The van der Waals surface area contributed by atoms with Crippen LogP contribution in [0.3, 0.4) is 0 Å². The lowest BCUT2D eigenvalue weighted by Gasteiger charge is -2.34. The third kappa shape index (κ3) is 3.69. The molecule has 2 aliphatic rings. The van der Waals surface area contributed by atoms with Crippen LogP contribution in [0.4, 0.5) is 11.4 Å². The highest BCUT2D eigenvalue weighted by Crippen LogP contribution is 2.26. The van der Waals surface area contributed by atoms with Crippen molar-refractivity contribution in [1.29, 1.82) is 0 Å². The predicted molar refractivity (Wildman–Crippen MR) is 88.4 cm³/mol. The van der Waals surface area contributed by atoms with Gasteiger partial charge in [0.1, 0.15) is 0 Å². The van der Waals surface area contributed by atoms with Crippen molar-refractivity contribution in [1.82, 2.24) is 4.90 Å². The van der Waals surface area contributed by atoms with Gasteiger partial charge in [-0.2, -0.15) is 0 Å². The molecule has 2 fully saturated rings. The van der Waals surface area contributed by atoms with E-state index in [2.05, 4.69) is 47.3 Å². The Morgan fingerprint density at radius 3 is 2.52 bits per heavy atom. The highest BCUT2D eigenvalue weighted by atomic mass is 16.5. The van der Waals surface area contributed by atoms with Crippen molar-refractivity contribution in [2.75, 3.05) is 56.7 Å². The number of aryl methyl sites for hydroxylation is 1. The van der Waals surface area contributed by atoms with Gasteiger partial charge in [0.15, 0.2) is 0 Å². The Balaban J connectivity index is 1.70. The highest BCUT2D eigenvalue weighted by Gasteiger charge is 2.17. The maximum Gasteiger partial charge on any atom is 0.0485 e. The number of ether oxygens (including phenoxy) is 1. The maximum absolute atomic E-state index is 5.44. The van der Waals surface area contributed by atoms with Gasteiger partial charge < -0.3 is 19.9 Å². The number of anilines is 2. The minimum atomic E-state index is 0.556. The minimum absolute atomic E-state index is 0.556. The fourth-order valence-electron chi connectivity index (χ4n) is 3.09. The van der Waals surface area contributed by atoms with Crippen molar-refractivity contribution in [3.8, 4) is 0 Å². The molecule has 1 aromatic carbocycles. The van der Waals surface area contributed by atoms with Crippen LogP contribution >= 0.6 is 0 Å². The van der Waals surface area contributed by atoms with Gasteiger partial charge in [-0.3, -0.25) is 0 Å². The molecule has 0 saturated carbocycles. The zero-order valence-electron chi connectivity index (χ0n) is 13.3. The van der Waals surface area contributed by atoms with Crippen molar-refractivity contribution in [3.05, 3.63) is 23.8 Å². The van der Waals surface area contributed by atoms with E-state index in [4.69, 9.17) is 4.74 Å². The van der Waals surface area contributed by atoms with Gasteiger partial charge in [0.05, 0.1) is 0 Å². The summed E-state index contributed by atoms with van der Waals surface area (Å²) in [6, 6.07) is 7.39. The maximum atomic E-state index is 5.44. The van der Waals surface area contributed by atoms with Gasteiger partial charge in [-0.15, -0.1) is 0 Å². The summed E-state index contributed by atoms with van der Waals surface area (Å²) in [7, 11) is 2.20. The molecule has 0 radical (unpaired) electrons. The highest BCUT2D eigenvalue weighted by molar-refractivity contribution is 5.62. The fraction of sp³-hybridized carbons (Fsp3) is 0.647. The van der Waals surface area contributed by atoms with Crippen molar-refractivity contribution in [2.24, 2.45) is 0 Å². The van der Waals surface area contributed by atoms with Gasteiger partial charge >= 0.3 is 0 Å². The number of piperazine rings is 1. The molecule has 0 atom stereocenters. The summed E-state index contributed by atoms with van der Waals surface area (Å²) < 4.78 is 5.44. The van der Waals surface area contributed by atoms with Gasteiger partial charge in [0, 0.05) is 56.8 Å². The lowest BCUT2D eigenvalue weighted by Crippen LogP contribution is -2.44. The van der Waals surface area contributed by atoms with E-state index >= 15 is 0 Å². The summed E-state index contributed by atoms with van der Waals surface area (Å²) in [5.74, 6) is 0. The average Bonchev–Trinajstić information content (AvgIpc) is 2.51. The molecule has 0 aliphatic carbocycles. The monoisotopic (exact) mass is 289 g/mol. The molecular weight excluding hydrogens is 262 g/mol. The van der Waals surface area contributed by atoms with Crippen LogP contribution in [-0.2, 0) is 4.74 Å². The lowest BCUT2D eigenvalue weighted by molar-refractivity contribution is 0.0904. The minimum Gasteiger partial charge on any atom is -0.382 e. The van der Waals surface area contributed by atoms with E-state index in [1.54, 1.807) is 0 Å². The molecule has 2 aliphatic heterocycles. The van der Waals surface area contributed by atoms with E-state index in [1.807, 2.05) is 0 Å². The van der Waals surface area contributed by atoms with Gasteiger partial charge in [0.25, 0.3) is 0 Å². The van der Waals surface area contributed by atoms with Crippen LogP contribution in [0.25, 0.3) is 0 Å². The Kier molecular flexibility index (Phi) is 4.66. The number of likely N-dealkylation sites (N-methyl/N-ethyl adjacent to an activating group) is 1. The number of rotatable bonds is 3. The first-order valence-electron chi connectivity index (χ1n) is 8.11. The largest absolute Gasteiger partial charge is 0.382 e. The Morgan fingerprint density at radius 1 is 1.10 bits per heavy atom. The first kappa shape index (κ1) is 14.7. The van der Waals surface area contributed by atoms with Gasteiger partial charge in [-0.25, -0.2) is 0 Å². The Bertz CT molecular complexity index is 463. The molecule has 2 saturated heterocycles. The Labute approximate surface area is 128 Å². The molecule has 3 rings (SSSR count). The van der Waals surface area contributed by atoms with E-state index in [-0.39, 0.29) is 0 Å². The summed E-state index contributed by atoms with van der Waals surface area (Å²) in [5.41, 5.74) is 3.97. The number of hydrogen-bond acceptors (Lipinski definition) is 4. The van der Waals surface area contributed by atoms with Crippen LogP contribution < -0.4 is 10.2 Å². The zero-order chi connectivity index (χ0) is 14.7. The summed E-state index contributed by atoms with van der Waals surface area (Å²) in [4.78, 5) is 4.89. The average molecular weight is 289 g/mol. The van der Waals surface area contributed by atoms with E-state index in [1.165, 1.54) is 16.9 Å². The van der Waals surface area contributed by atoms with E-state index < -0.39 is 0 Å². The van der Waals surface area contributed by atoms with Crippen LogP contribution in [0.1, 0.15) is 18.4 Å². The van der Waals surface area contributed by atoms with E-state index in [0.717, 1.165) is 52.2 Å². The number of hydrogen-bond donors (Lipinski definition) is 1. The molecule has 1 aromatic rings. The first-order valence-corrected chi connectivity index (χ1v) is 8.11. The summed E-state index contributed by atoms with van der Waals surface area (Å²) in [6.07, 6.45) is 2.22. The SMILES string of the molecule is Cc1ccc(N2CCN(C)CC2)cc1NC1CCOCC1. The summed E-state index contributed by atoms with van der Waals surface area (Å²) in [5, 5.41) is 3.72. The predicted octanol–water partition coefficient (Wildman–Crippen LogP) is 2.34. The molecule has 4 heteroatoms. The van der Waals surface area contributed by atoms with Crippen LogP contribution in [0.15, 0.2) is 18.2 Å².